The summed E-state index contributed by atoms with van der Waals surface area (Å²) >= 11 is 0. The number of unbranched alkanes of at least 4 members (excludes halogenated alkanes) is 3. The molecule has 0 rings (SSSR count). The minimum absolute atomic E-state index is 0. The van der Waals surface area contributed by atoms with Crippen LogP contribution in [0.2, 0.25) is 0 Å². The quantitative estimate of drug-likeness (QED) is 0.572. The van der Waals surface area contributed by atoms with Crippen LogP contribution >= 0.6 is 0 Å². The van der Waals surface area contributed by atoms with Crippen LogP contribution in [0.5, 0.6) is 0 Å². The fourth-order valence-corrected chi connectivity index (χ4v) is 1.48. The molecule has 0 aliphatic heterocycles. The Morgan fingerprint density at radius 2 is 0.933 bits per heavy atom. The van der Waals surface area contributed by atoms with Crippen LogP contribution in [0.25, 0.3) is 0 Å². The average molecular weight is 243 g/mol. The van der Waals surface area contributed by atoms with Crippen LogP contribution in [0.1, 0.15) is 59.3 Å². The summed E-state index contributed by atoms with van der Waals surface area (Å²) in [7, 11) is 0. The first-order valence-corrected chi connectivity index (χ1v) is 6.07. The van der Waals surface area contributed by atoms with Crippen LogP contribution in [0.3, 0.4) is 0 Å². The third-order valence-electron chi connectivity index (χ3n) is 2.48. The zero-order chi connectivity index (χ0) is 9.94. The first-order valence-electron chi connectivity index (χ1n) is 6.07. The molecule has 0 aliphatic carbocycles. The van der Waals surface area contributed by atoms with Crippen LogP contribution in [0.4, 0.5) is 0 Å². The fraction of sp³-hybridized carbons (Fsp3) is 1.00. The Balaban J connectivity index is -0.000000720. The van der Waals surface area contributed by atoms with E-state index in [2.05, 4.69) is 25.7 Å². The molecule has 0 aliphatic rings. The van der Waals surface area contributed by atoms with Gasteiger partial charge in [0.2, 0.25) is 0 Å². The standard InChI is InChI=1S/C12H27N.K.H2O.H/c1-4-7-10-13(11-8-5-2)12-9-6-3;;;/h4-12H2,1-3H3;;1H2;. The van der Waals surface area contributed by atoms with Crippen molar-refractivity contribution >= 4 is 51.4 Å². The van der Waals surface area contributed by atoms with Gasteiger partial charge in [-0.2, -0.15) is 0 Å². The van der Waals surface area contributed by atoms with Crippen LogP contribution in [0.15, 0.2) is 0 Å². The van der Waals surface area contributed by atoms with Gasteiger partial charge in [0.1, 0.15) is 0 Å². The maximum atomic E-state index is 2.64. The number of rotatable bonds is 9. The van der Waals surface area contributed by atoms with Crippen molar-refractivity contribution in [1.29, 1.82) is 0 Å². The van der Waals surface area contributed by atoms with Crippen molar-refractivity contribution < 1.29 is 5.48 Å². The summed E-state index contributed by atoms with van der Waals surface area (Å²) in [5.41, 5.74) is 0. The zero-order valence-corrected chi connectivity index (χ0v) is 10.3. The molecule has 0 radical (unpaired) electrons. The molecule has 0 heterocycles. The molecule has 0 aromatic carbocycles. The normalized spacial score (nSPS) is 9.60. The summed E-state index contributed by atoms with van der Waals surface area (Å²) in [6, 6.07) is 0. The molecule has 0 amide bonds. The van der Waals surface area contributed by atoms with Gasteiger partial charge in [-0.25, -0.2) is 0 Å². The molecule has 3 heteroatoms. The second-order valence-corrected chi connectivity index (χ2v) is 3.90. The van der Waals surface area contributed by atoms with E-state index < -0.39 is 0 Å². The van der Waals surface area contributed by atoms with Gasteiger partial charge in [0, 0.05) is 0 Å². The summed E-state index contributed by atoms with van der Waals surface area (Å²) in [5, 5.41) is 0. The van der Waals surface area contributed by atoms with Crippen molar-refractivity contribution in [2.45, 2.75) is 59.3 Å². The Morgan fingerprint density at radius 1 is 0.667 bits per heavy atom. The molecule has 0 unspecified atom stereocenters. The van der Waals surface area contributed by atoms with Crippen molar-refractivity contribution in [3.05, 3.63) is 0 Å². The Labute approximate surface area is 139 Å². The monoisotopic (exact) mass is 243 g/mol. The maximum absolute atomic E-state index is 2.64. The van der Waals surface area contributed by atoms with Gasteiger partial charge in [-0.1, -0.05) is 40.0 Å². The Morgan fingerprint density at radius 3 is 1.13 bits per heavy atom. The van der Waals surface area contributed by atoms with Gasteiger partial charge in [0.05, 0.1) is 0 Å². The van der Waals surface area contributed by atoms with Gasteiger partial charge in [-0.3, -0.25) is 0 Å². The summed E-state index contributed by atoms with van der Waals surface area (Å²) < 4.78 is 0. The third-order valence-corrected chi connectivity index (χ3v) is 2.48. The van der Waals surface area contributed by atoms with Crippen molar-refractivity contribution in [1.82, 2.24) is 4.90 Å². The first-order chi connectivity index (χ1) is 6.35. The number of hydrogen-bond donors (Lipinski definition) is 0. The molecule has 0 saturated heterocycles. The van der Waals surface area contributed by atoms with E-state index in [1.165, 1.54) is 58.2 Å². The van der Waals surface area contributed by atoms with Crippen LogP contribution in [-0.4, -0.2) is 81.4 Å². The topological polar surface area (TPSA) is 34.7 Å². The van der Waals surface area contributed by atoms with Gasteiger partial charge >= 0.3 is 51.4 Å². The van der Waals surface area contributed by atoms with Crippen LogP contribution in [-0.2, 0) is 0 Å². The molecule has 0 saturated carbocycles. The zero-order valence-electron chi connectivity index (χ0n) is 10.3. The SMILES string of the molecule is CCCCN(CCCC)CCCC.O.[KH]. The molecule has 90 valence electrons. The van der Waals surface area contributed by atoms with Crippen molar-refractivity contribution in [2.75, 3.05) is 19.6 Å². The molecule has 2 nitrogen and oxygen atoms in total. The van der Waals surface area contributed by atoms with Gasteiger partial charge in [0.25, 0.3) is 0 Å². The number of nitrogens with zero attached hydrogens (tertiary/aromatic N) is 1. The summed E-state index contributed by atoms with van der Waals surface area (Å²) in [5.74, 6) is 0. The van der Waals surface area contributed by atoms with Crippen molar-refractivity contribution in [3.63, 3.8) is 0 Å². The van der Waals surface area contributed by atoms with Crippen LogP contribution in [0, 0.1) is 0 Å². The van der Waals surface area contributed by atoms with Crippen molar-refractivity contribution in [2.24, 2.45) is 0 Å². The third kappa shape index (κ3) is 15.6. The molecule has 0 aromatic heterocycles. The Hall–Kier alpha value is 1.56. The molecule has 0 atom stereocenters. The number of hydrogen-bond acceptors (Lipinski definition) is 1. The molecule has 0 bridgehead atoms. The molecule has 0 spiro atoms. The Bertz CT molecular complexity index is 82.6. The molecule has 0 aromatic rings. The van der Waals surface area contributed by atoms with E-state index in [9.17, 15) is 0 Å². The predicted octanol–water partition coefficient (Wildman–Crippen LogP) is 2.22. The summed E-state index contributed by atoms with van der Waals surface area (Å²) in [6.07, 6.45) is 8.09. The van der Waals surface area contributed by atoms with E-state index in [0.717, 1.165) is 0 Å². The van der Waals surface area contributed by atoms with E-state index in [1.807, 2.05) is 0 Å². The van der Waals surface area contributed by atoms with Gasteiger partial charge < -0.3 is 10.4 Å². The molecule has 0 fully saturated rings. The summed E-state index contributed by atoms with van der Waals surface area (Å²) in [4.78, 5) is 2.64. The second kappa shape index (κ2) is 17.9. The molecular weight excluding hydrogens is 213 g/mol. The average Bonchev–Trinajstić information content (AvgIpc) is 2.17. The fourth-order valence-electron chi connectivity index (χ4n) is 1.48. The molecule has 2 N–H and O–H groups in total. The van der Waals surface area contributed by atoms with Gasteiger partial charge in [0.15, 0.2) is 0 Å². The van der Waals surface area contributed by atoms with E-state index in [4.69, 9.17) is 0 Å². The molecular formula is C12H30KNO. The van der Waals surface area contributed by atoms with Crippen molar-refractivity contribution in [3.8, 4) is 0 Å². The summed E-state index contributed by atoms with van der Waals surface area (Å²) in [6.45, 7) is 10.8. The van der Waals surface area contributed by atoms with E-state index in [-0.39, 0.29) is 56.9 Å². The predicted molar refractivity (Wildman–Crippen MR) is 71.9 cm³/mol. The molecule has 15 heavy (non-hydrogen) atoms. The minimum atomic E-state index is 0. The van der Waals surface area contributed by atoms with E-state index >= 15 is 0 Å². The van der Waals surface area contributed by atoms with Crippen LogP contribution < -0.4 is 0 Å². The van der Waals surface area contributed by atoms with Gasteiger partial charge in [-0.15, -0.1) is 0 Å². The first kappa shape index (κ1) is 21.8. The van der Waals surface area contributed by atoms with E-state index in [1.54, 1.807) is 0 Å². The second-order valence-electron chi connectivity index (χ2n) is 3.90. The Kier molecular flexibility index (Phi) is 26.1. The van der Waals surface area contributed by atoms with Gasteiger partial charge in [-0.05, 0) is 38.9 Å². The van der Waals surface area contributed by atoms with E-state index in [0.29, 0.717) is 0 Å².